The first kappa shape index (κ1) is 22.2. The summed E-state index contributed by atoms with van der Waals surface area (Å²) in [6.07, 6.45) is 2.47. The van der Waals surface area contributed by atoms with Crippen molar-refractivity contribution in [3.8, 4) is 5.75 Å². The maximum Gasteiger partial charge on any atom is 0.296 e. The van der Waals surface area contributed by atoms with E-state index in [1.54, 1.807) is 32.0 Å². The minimum Gasteiger partial charge on any atom is -0.501 e. The van der Waals surface area contributed by atoms with Crippen molar-refractivity contribution in [1.82, 2.24) is 24.9 Å². The summed E-state index contributed by atoms with van der Waals surface area (Å²) in [6, 6.07) is 7.13. The highest BCUT2D eigenvalue weighted by Gasteiger charge is 2.33. The molecule has 2 N–H and O–H groups in total. The highest BCUT2D eigenvalue weighted by atomic mass is 35.5. The van der Waals surface area contributed by atoms with E-state index in [0.29, 0.717) is 16.5 Å². The van der Waals surface area contributed by atoms with Crippen molar-refractivity contribution < 1.29 is 18.8 Å². The molecule has 2 atom stereocenters. The van der Waals surface area contributed by atoms with Gasteiger partial charge in [0.1, 0.15) is 17.8 Å². The molecule has 0 spiro atoms. The average Bonchev–Trinajstić information content (AvgIpc) is 3.45. The van der Waals surface area contributed by atoms with Crippen LogP contribution < -0.4 is 10.9 Å². The smallest absolute Gasteiger partial charge is 0.296 e. The van der Waals surface area contributed by atoms with E-state index in [4.69, 9.17) is 16.0 Å². The predicted octanol–water partition coefficient (Wildman–Crippen LogP) is 3.01. The van der Waals surface area contributed by atoms with Crippen LogP contribution in [0, 0.1) is 6.92 Å². The Morgan fingerprint density at radius 2 is 2.03 bits per heavy atom. The SMILES string of the molecule is Cc1nnc(C(c2ccccc2Cl)C(C)c2nc(C(=O)Nc3cnoc3)c(O)c(=O)n2C)o1. The van der Waals surface area contributed by atoms with Gasteiger partial charge in [0.2, 0.25) is 17.5 Å². The van der Waals surface area contributed by atoms with Crippen molar-refractivity contribution in [2.24, 2.45) is 7.05 Å². The van der Waals surface area contributed by atoms with Gasteiger partial charge in [0.25, 0.3) is 11.5 Å². The number of rotatable bonds is 6. The fourth-order valence-corrected chi connectivity index (χ4v) is 3.81. The summed E-state index contributed by atoms with van der Waals surface area (Å²) < 4.78 is 11.5. The van der Waals surface area contributed by atoms with Crippen molar-refractivity contribution in [2.45, 2.75) is 25.7 Å². The molecule has 4 aromatic rings. The number of aromatic hydroxyl groups is 1. The summed E-state index contributed by atoms with van der Waals surface area (Å²) >= 11 is 6.47. The van der Waals surface area contributed by atoms with Gasteiger partial charge in [0.15, 0.2) is 5.69 Å². The molecular formula is C21H19ClN6O5. The molecule has 1 aromatic carbocycles. The van der Waals surface area contributed by atoms with Crippen LogP contribution in [-0.2, 0) is 7.05 Å². The molecule has 0 bridgehead atoms. The lowest BCUT2D eigenvalue weighted by Crippen LogP contribution is -2.29. The fourth-order valence-electron chi connectivity index (χ4n) is 3.56. The number of nitrogens with zero attached hydrogens (tertiary/aromatic N) is 5. The van der Waals surface area contributed by atoms with Crippen molar-refractivity contribution in [1.29, 1.82) is 0 Å². The number of aryl methyl sites for hydroxylation is 1. The normalized spacial score (nSPS) is 13.0. The van der Waals surface area contributed by atoms with Crippen molar-refractivity contribution in [2.75, 3.05) is 5.32 Å². The van der Waals surface area contributed by atoms with Gasteiger partial charge < -0.3 is 19.4 Å². The zero-order chi connectivity index (χ0) is 23.7. The number of amides is 1. The Hall–Kier alpha value is -3.99. The van der Waals surface area contributed by atoms with Gasteiger partial charge in [-0.2, -0.15) is 0 Å². The van der Waals surface area contributed by atoms with Crippen LogP contribution in [0.25, 0.3) is 0 Å². The number of hydrogen-bond donors (Lipinski definition) is 2. The van der Waals surface area contributed by atoms with Crippen molar-refractivity contribution in [3.05, 3.63) is 81.0 Å². The molecule has 33 heavy (non-hydrogen) atoms. The predicted molar refractivity (Wildman–Crippen MR) is 116 cm³/mol. The van der Waals surface area contributed by atoms with E-state index in [2.05, 4.69) is 30.2 Å². The lowest BCUT2D eigenvalue weighted by molar-refractivity contribution is 0.101. The van der Waals surface area contributed by atoms with Crippen LogP contribution in [0.3, 0.4) is 0 Å². The van der Waals surface area contributed by atoms with Gasteiger partial charge >= 0.3 is 0 Å². The molecule has 12 heteroatoms. The standard InChI is InChI=1S/C21H19ClN6O5/c1-10(15(20-27-26-11(2)33-20)13-6-4-5-7-14(13)22)18-25-16(17(29)21(31)28(18)3)19(30)24-12-8-23-32-9-12/h4-10,15,29H,1-3H3,(H,24,30). The van der Waals surface area contributed by atoms with Crippen LogP contribution in [-0.4, -0.2) is 35.9 Å². The summed E-state index contributed by atoms with van der Waals surface area (Å²) in [6.45, 7) is 3.45. The second-order valence-corrected chi connectivity index (χ2v) is 7.75. The lowest BCUT2D eigenvalue weighted by atomic mass is 9.86. The third-order valence-corrected chi connectivity index (χ3v) is 5.51. The Kier molecular flexibility index (Phi) is 5.97. The van der Waals surface area contributed by atoms with Crippen LogP contribution in [0.1, 0.15) is 52.4 Å². The second kappa shape index (κ2) is 8.87. The summed E-state index contributed by atoms with van der Waals surface area (Å²) in [5, 5.41) is 24.8. The van der Waals surface area contributed by atoms with Crippen molar-refractivity contribution >= 4 is 23.2 Å². The van der Waals surface area contributed by atoms with E-state index < -0.39 is 34.7 Å². The lowest BCUT2D eigenvalue weighted by Gasteiger charge is -2.24. The molecule has 4 rings (SSSR count). The van der Waals surface area contributed by atoms with E-state index in [0.717, 1.165) is 0 Å². The zero-order valence-electron chi connectivity index (χ0n) is 17.8. The highest BCUT2D eigenvalue weighted by molar-refractivity contribution is 6.31. The number of nitrogens with one attached hydrogen (secondary N) is 1. The second-order valence-electron chi connectivity index (χ2n) is 7.35. The molecule has 0 aliphatic rings. The van der Waals surface area contributed by atoms with Crippen molar-refractivity contribution in [3.63, 3.8) is 0 Å². The molecule has 0 aliphatic carbocycles. The first-order chi connectivity index (χ1) is 15.8. The Bertz CT molecular complexity index is 1360. The molecule has 0 fully saturated rings. The van der Waals surface area contributed by atoms with Gasteiger partial charge in [-0.15, -0.1) is 10.2 Å². The molecule has 2 unspecified atom stereocenters. The molecule has 0 saturated carbocycles. The van der Waals surface area contributed by atoms with Crippen LogP contribution >= 0.6 is 11.6 Å². The minimum atomic E-state index is -0.801. The maximum absolute atomic E-state index is 12.8. The quantitative estimate of drug-likeness (QED) is 0.433. The van der Waals surface area contributed by atoms with E-state index >= 15 is 0 Å². The molecule has 0 saturated heterocycles. The molecule has 1 amide bonds. The number of hydrogen-bond acceptors (Lipinski definition) is 9. The number of halogens is 1. The first-order valence-electron chi connectivity index (χ1n) is 9.83. The molecule has 3 aromatic heterocycles. The number of carbonyl (C=O) groups excluding carboxylic acids is 1. The Morgan fingerprint density at radius 3 is 2.67 bits per heavy atom. The van der Waals surface area contributed by atoms with E-state index in [9.17, 15) is 14.7 Å². The zero-order valence-corrected chi connectivity index (χ0v) is 18.6. The van der Waals surface area contributed by atoms with Crippen LogP contribution in [0.4, 0.5) is 5.69 Å². The average molecular weight is 471 g/mol. The highest BCUT2D eigenvalue weighted by Crippen LogP contribution is 2.39. The molecule has 3 heterocycles. The Morgan fingerprint density at radius 1 is 1.27 bits per heavy atom. The van der Waals surface area contributed by atoms with E-state index in [1.807, 2.05) is 6.07 Å². The van der Waals surface area contributed by atoms with E-state index in [1.165, 1.54) is 24.1 Å². The van der Waals surface area contributed by atoms with Crippen LogP contribution in [0.5, 0.6) is 5.75 Å². The number of anilines is 1. The first-order valence-corrected chi connectivity index (χ1v) is 10.2. The molecule has 170 valence electrons. The van der Waals surface area contributed by atoms with Crippen LogP contribution in [0.2, 0.25) is 5.02 Å². The maximum atomic E-state index is 12.8. The largest absolute Gasteiger partial charge is 0.501 e. The number of aromatic nitrogens is 5. The summed E-state index contributed by atoms with van der Waals surface area (Å²) in [7, 11) is 1.45. The summed E-state index contributed by atoms with van der Waals surface area (Å²) in [5.74, 6) is -1.91. The minimum absolute atomic E-state index is 0.203. The van der Waals surface area contributed by atoms with Gasteiger partial charge in [0, 0.05) is 24.9 Å². The molecule has 11 nitrogen and oxygen atoms in total. The molecular weight excluding hydrogens is 452 g/mol. The Labute approximate surface area is 192 Å². The van der Waals surface area contributed by atoms with Gasteiger partial charge in [0.05, 0.1) is 12.1 Å². The summed E-state index contributed by atoms with van der Waals surface area (Å²) in [4.78, 5) is 29.8. The summed E-state index contributed by atoms with van der Waals surface area (Å²) in [5.41, 5.74) is -0.317. The van der Waals surface area contributed by atoms with Gasteiger partial charge in [-0.1, -0.05) is 41.9 Å². The third-order valence-electron chi connectivity index (χ3n) is 5.16. The molecule has 0 aliphatic heterocycles. The topological polar surface area (TPSA) is 149 Å². The van der Waals surface area contributed by atoms with Crippen LogP contribution in [0.15, 0.2) is 50.5 Å². The van der Waals surface area contributed by atoms with Gasteiger partial charge in [-0.05, 0) is 11.6 Å². The van der Waals surface area contributed by atoms with Gasteiger partial charge in [-0.25, -0.2) is 4.98 Å². The molecule has 0 radical (unpaired) electrons. The van der Waals surface area contributed by atoms with E-state index in [-0.39, 0.29) is 17.4 Å². The fraction of sp³-hybridized carbons (Fsp3) is 0.238. The monoisotopic (exact) mass is 470 g/mol. The third kappa shape index (κ3) is 4.22. The number of benzene rings is 1. The Balaban J connectivity index is 1.83. The van der Waals surface area contributed by atoms with Gasteiger partial charge in [-0.3, -0.25) is 14.2 Å². The number of carbonyl (C=O) groups is 1.